The molecule has 4 aromatic rings. The van der Waals surface area contributed by atoms with Gasteiger partial charge in [0.15, 0.2) is 0 Å². The minimum absolute atomic E-state index is 0.132. The predicted molar refractivity (Wildman–Crippen MR) is 121 cm³/mol. The number of rotatable bonds is 2. The smallest absolute Gasteiger partial charge is 0.134 e. The van der Waals surface area contributed by atoms with E-state index in [1.54, 1.807) is 36.7 Å². The van der Waals surface area contributed by atoms with Crippen molar-refractivity contribution >= 4 is 5.78 Å². The molecule has 1 spiro atoms. The molecule has 1 saturated carbocycles. The third kappa shape index (κ3) is 2.88. The summed E-state index contributed by atoms with van der Waals surface area (Å²) in [5, 5.41) is 0. The molecular formula is C28H20F2N2O. The van der Waals surface area contributed by atoms with Gasteiger partial charge in [0.2, 0.25) is 0 Å². The average molecular weight is 438 g/mol. The summed E-state index contributed by atoms with van der Waals surface area (Å²) in [5.74, 6) is -1.00. The molecule has 2 aromatic heterocycles. The highest BCUT2D eigenvalue weighted by atomic mass is 19.1. The molecule has 0 radical (unpaired) electrons. The molecule has 0 N–H and O–H groups in total. The highest BCUT2D eigenvalue weighted by Gasteiger charge is 2.58. The molecule has 2 aliphatic carbocycles. The Balaban J connectivity index is 1.70. The SMILES string of the molecule is O=C1CC(c2ccc(F)cc2)C2(c3cccnc3-c3ncccc32)C(c2ccc(F)cc2)C1. The Labute approximate surface area is 190 Å². The number of Topliss-reactive ketones (excluding diaryl/α,β-unsaturated/α-hetero) is 1. The Bertz CT molecular complexity index is 1260. The van der Waals surface area contributed by atoms with Crippen molar-refractivity contribution in [2.24, 2.45) is 0 Å². The number of aromatic nitrogens is 2. The van der Waals surface area contributed by atoms with Crippen LogP contribution in [-0.4, -0.2) is 15.8 Å². The predicted octanol–water partition coefficient (Wildman–Crippen LogP) is 5.95. The van der Waals surface area contributed by atoms with E-state index in [-0.39, 0.29) is 29.3 Å². The van der Waals surface area contributed by atoms with Crippen LogP contribution in [-0.2, 0) is 10.2 Å². The molecule has 5 heteroatoms. The normalized spacial score (nSPS) is 20.5. The summed E-state index contributed by atoms with van der Waals surface area (Å²) in [4.78, 5) is 22.5. The molecule has 2 aromatic carbocycles. The van der Waals surface area contributed by atoms with Gasteiger partial charge in [-0.25, -0.2) is 8.78 Å². The zero-order valence-corrected chi connectivity index (χ0v) is 17.7. The van der Waals surface area contributed by atoms with E-state index < -0.39 is 5.41 Å². The van der Waals surface area contributed by atoms with Crippen LogP contribution in [0.2, 0.25) is 0 Å². The van der Waals surface area contributed by atoms with Gasteiger partial charge < -0.3 is 0 Å². The van der Waals surface area contributed by atoms with Crippen molar-refractivity contribution in [1.29, 1.82) is 0 Å². The van der Waals surface area contributed by atoms with Crippen LogP contribution < -0.4 is 0 Å². The molecule has 2 unspecified atom stereocenters. The van der Waals surface area contributed by atoms with Crippen molar-refractivity contribution in [1.82, 2.24) is 9.97 Å². The Morgan fingerprint density at radius 1 is 0.667 bits per heavy atom. The van der Waals surface area contributed by atoms with Crippen LogP contribution in [0.5, 0.6) is 0 Å². The fraction of sp³-hybridized carbons (Fsp3) is 0.179. The summed E-state index contributed by atoms with van der Waals surface area (Å²) in [6, 6.07) is 20.8. The summed E-state index contributed by atoms with van der Waals surface area (Å²) >= 11 is 0. The Morgan fingerprint density at radius 3 is 1.52 bits per heavy atom. The van der Waals surface area contributed by atoms with Gasteiger partial charge in [-0.2, -0.15) is 0 Å². The number of hydrogen-bond donors (Lipinski definition) is 0. The quantitative estimate of drug-likeness (QED) is 0.388. The van der Waals surface area contributed by atoms with Crippen LogP contribution in [0.25, 0.3) is 11.4 Å². The zero-order chi connectivity index (χ0) is 22.6. The minimum Gasteiger partial charge on any atom is -0.300 e. The Morgan fingerprint density at radius 2 is 1.09 bits per heavy atom. The third-order valence-electron chi connectivity index (χ3n) is 7.24. The highest BCUT2D eigenvalue weighted by Crippen LogP contribution is 2.64. The van der Waals surface area contributed by atoms with Crippen LogP contribution in [0.1, 0.15) is 46.9 Å². The molecular weight excluding hydrogens is 418 g/mol. The molecule has 0 aliphatic heterocycles. The molecule has 162 valence electrons. The highest BCUT2D eigenvalue weighted by molar-refractivity contribution is 5.87. The second kappa shape index (κ2) is 7.41. The van der Waals surface area contributed by atoms with Crippen molar-refractivity contribution in [2.45, 2.75) is 30.1 Å². The number of ketones is 1. The fourth-order valence-electron chi connectivity index (χ4n) is 6.01. The second-order valence-electron chi connectivity index (χ2n) is 8.82. The van der Waals surface area contributed by atoms with Crippen LogP contribution in [0.4, 0.5) is 8.78 Å². The maximum atomic E-state index is 13.8. The van der Waals surface area contributed by atoms with Gasteiger partial charge in [0, 0.05) is 42.5 Å². The lowest BCUT2D eigenvalue weighted by Gasteiger charge is -2.48. The Hall–Kier alpha value is -3.73. The average Bonchev–Trinajstić information content (AvgIpc) is 3.13. The summed E-state index contributed by atoms with van der Waals surface area (Å²) < 4.78 is 27.7. The van der Waals surface area contributed by atoms with Crippen molar-refractivity contribution in [3.63, 3.8) is 0 Å². The molecule has 0 bridgehead atoms. The van der Waals surface area contributed by atoms with Gasteiger partial charge in [-0.1, -0.05) is 36.4 Å². The summed E-state index contributed by atoms with van der Waals surface area (Å²) in [6.45, 7) is 0. The van der Waals surface area contributed by atoms with E-state index in [2.05, 4.69) is 22.1 Å². The lowest BCUT2D eigenvalue weighted by atomic mass is 9.52. The monoisotopic (exact) mass is 438 g/mol. The van der Waals surface area contributed by atoms with Gasteiger partial charge in [-0.15, -0.1) is 0 Å². The van der Waals surface area contributed by atoms with Crippen molar-refractivity contribution < 1.29 is 13.6 Å². The van der Waals surface area contributed by atoms with Gasteiger partial charge in [-0.3, -0.25) is 14.8 Å². The topological polar surface area (TPSA) is 42.9 Å². The van der Waals surface area contributed by atoms with E-state index in [1.165, 1.54) is 24.3 Å². The molecule has 0 amide bonds. The van der Waals surface area contributed by atoms with Gasteiger partial charge in [0.1, 0.15) is 17.4 Å². The van der Waals surface area contributed by atoms with Crippen molar-refractivity contribution in [2.75, 3.05) is 0 Å². The first-order chi connectivity index (χ1) is 16.1. The number of carbonyl (C=O) groups excluding carboxylic acids is 1. The first kappa shape index (κ1) is 19.9. The number of halogens is 2. The molecule has 1 fully saturated rings. The van der Waals surface area contributed by atoms with Crippen molar-refractivity contribution in [3.05, 3.63) is 119 Å². The number of nitrogens with zero attached hydrogens (tertiary/aromatic N) is 2. The number of benzene rings is 2. The second-order valence-corrected chi connectivity index (χ2v) is 8.82. The van der Waals surface area contributed by atoms with Gasteiger partial charge in [0.05, 0.1) is 11.4 Å². The van der Waals surface area contributed by atoms with Gasteiger partial charge in [0.25, 0.3) is 0 Å². The number of carbonyl (C=O) groups is 1. The lowest BCUT2D eigenvalue weighted by molar-refractivity contribution is -0.122. The third-order valence-corrected chi connectivity index (χ3v) is 7.24. The van der Waals surface area contributed by atoms with E-state index in [1.807, 2.05) is 12.1 Å². The van der Waals surface area contributed by atoms with E-state index in [4.69, 9.17) is 0 Å². The first-order valence-corrected chi connectivity index (χ1v) is 11.0. The van der Waals surface area contributed by atoms with Crippen LogP contribution in [0.3, 0.4) is 0 Å². The van der Waals surface area contributed by atoms with Crippen LogP contribution in [0, 0.1) is 11.6 Å². The van der Waals surface area contributed by atoms with Crippen LogP contribution in [0.15, 0.2) is 85.2 Å². The van der Waals surface area contributed by atoms with E-state index >= 15 is 0 Å². The van der Waals surface area contributed by atoms with Gasteiger partial charge >= 0.3 is 0 Å². The molecule has 33 heavy (non-hydrogen) atoms. The summed E-state index contributed by atoms with van der Waals surface area (Å²) in [7, 11) is 0. The largest absolute Gasteiger partial charge is 0.300 e. The number of fused-ring (bicyclic) bond motifs is 5. The first-order valence-electron chi connectivity index (χ1n) is 11.0. The summed E-state index contributed by atoms with van der Waals surface area (Å²) in [5.41, 5.74) is 4.77. The van der Waals surface area contributed by atoms with Gasteiger partial charge in [-0.05, 0) is 58.7 Å². The standard InChI is InChI=1S/C28H20F2N2O/c29-19-9-5-17(6-10-19)24-15-21(33)16-25(18-7-11-20(30)12-8-18)28(24)22-3-1-13-31-26(22)27-23(28)4-2-14-32-27/h1-14,24-25H,15-16H2. The molecule has 6 rings (SSSR count). The molecule has 2 heterocycles. The molecule has 0 saturated heterocycles. The van der Waals surface area contributed by atoms with Crippen LogP contribution >= 0.6 is 0 Å². The lowest BCUT2D eigenvalue weighted by Crippen LogP contribution is -2.45. The molecule has 3 nitrogen and oxygen atoms in total. The number of pyridine rings is 2. The molecule has 2 aliphatic rings. The number of hydrogen-bond acceptors (Lipinski definition) is 3. The van der Waals surface area contributed by atoms with E-state index in [0.29, 0.717) is 12.8 Å². The minimum atomic E-state index is -0.642. The van der Waals surface area contributed by atoms with Crippen molar-refractivity contribution in [3.8, 4) is 11.4 Å². The van der Waals surface area contributed by atoms with E-state index in [0.717, 1.165) is 33.6 Å². The summed E-state index contributed by atoms with van der Waals surface area (Å²) in [6.07, 6.45) is 4.16. The molecule has 2 atom stereocenters. The fourth-order valence-corrected chi connectivity index (χ4v) is 6.01. The maximum Gasteiger partial charge on any atom is 0.134 e. The van der Waals surface area contributed by atoms with E-state index in [9.17, 15) is 13.6 Å². The zero-order valence-electron chi connectivity index (χ0n) is 17.7. The Kier molecular flexibility index (Phi) is 4.47. The maximum absolute atomic E-state index is 13.8.